The maximum Gasteiger partial charge on any atom is 0.00985 e. The minimum absolute atomic E-state index is 0.850. The summed E-state index contributed by atoms with van der Waals surface area (Å²) in [5.74, 6) is 0. The Morgan fingerprint density at radius 2 is 1.92 bits per heavy atom. The van der Waals surface area contributed by atoms with Crippen molar-refractivity contribution < 1.29 is 0 Å². The lowest BCUT2D eigenvalue weighted by atomic mass is 10.1. The van der Waals surface area contributed by atoms with E-state index in [9.17, 15) is 0 Å². The molecule has 13 heavy (non-hydrogen) atoms. The third kappa shape index (κ3) is 2.98. The van der Waals surface area contributed by atoms with Crippen molar-refractivity contribution in [2.24, 2.45) is 0 Å². The maximum atomic E-state index is 2.74. The standard InChI is InChI=1S/C12H25N/c1-4-6-10-13-11(3)8-9-12(13)7-5-2/h11-12H,4-10H2,1-3H3. The van der Waals surface area contributed by atoms with Crippen LogP contribution in [0.4, 0.5) is 0 Å². The molecule has 0 aromatic heterocycles. The lowest BCUT2D eigenvalue weighted by molar-refractivity contribution is 0.191. The van der Waals surface area contributed by atoms with Crippen molar-refractivity contribution in [1.82, 2.24) is 4.90 Å². The van der Waals surface area contributed by atoms with E-state index < -0.39 is 0 Å². The Labute approximate surface area is 83.5 Å². The summed E-state index contributed by atoms with van der Waals surface area (Å²) in [4.78, 5) is 2.74. The first-order chi connectivity index (χ1) is 6.29. The first-order valence-electron chi connectivity index (χ1n) is 6.05. The maximum absolute atomic E-state index is 2.74. The molecule has 0 bridgehead atoms. The molecule has 1 heteroatoms. The molecule has 1 saturated heterocycles. The highest BCUT2D eigenvalue weighted by molar-refractivity contribution is 4.84. The van der Waals surface area contributed by atoms with Crippen LogP contribution < -0.4 is 0 Å². The molecule has 1 nitrogen and oxygen atoms in total. The van der Waals surface area contributed by atoms with Gasteiger partial charge in [0.2, 0.25) is 0 Å². The summed E-state index contributed by atoms with van der Waals surface area (Å²) in [5.41, 5.74) is 0. The Kier molecular flexibility index (Phi) is 4.79. The summed E-state index contributed by atoms with van der Waals surface area (Å²) in [6, 6.07) is 1.76. The first kappa shape index (κ1) is 11.0. The molecule has 2 unspecified atom stereocenters. The lowest BCUT2D eigenvalue weighted by Gasteiger charge is -2.28. The van der Waals surface area contributed by atoms with Gasteiger partial charge >= 0.3 is 0 Å². The molecular weight excluding hydrogens is 158 g/mol. The molecule has 0 aromatic rings. The quantitative estimate of drug-likeness (QED) is 0.631. The Bertz CT molecular complexity index is 131. The molecule has 0 N–H and O–H groups in total. The highest BCUT2D eigenvalue weighted by atomic mass is 15.2. The number of rotatable bonds is 5. The van der Waals surface area contributed by atoms with E-state index in [1.807, 2.05) is 0 Å². The molecular formula is C12H25N. The summed E-state index contributed by atoms with van der Waals surface area (Å²) in [6.45, 7) is 8.32. The van der Waals surface area contributed by atoms with Gasteiger partial charge in [0.1, 0.15) is 0 Å². The monoisotopic (exact) mass is 183 g/mol. The highest BCUT2D eigenvalue weighted by Crippen LogP contribution is 2.26. The molecule has 0 radical (unpaired) electrons. The number of hydrogen-bond acceptors (Lipinski definition) is 1. The minimum atomic E-state index is 0.850. The summed E-state index contributed by atoms with van der Waals surface area (Å²) >= 11 is 0. The average Bonchev–Trinajstić information content (AvgIpc) is 2.45. The molecule has 2 atom stereocenters. The Balaban J connectivity index is 2.35. The van der Waals surface area contributed by atoms with Crippen LogP contribution in [0, 0.1) is 0 Å². The van der Waals surface area contributed by atoms with Gasteiger partial charge in [-0.3, -0.25) is 4.90 Å². The van der Waals surface area contributed by atoms with Gasteiger partial charge in [0.15, 0.2) is 0 Å². The van der Waals surface area contributed by atoms with Gasteiger partial charge in [-0.05, 0) is 39.2 Å². The van der Waals surface area contributed by atoms with Crippen molar-refractivity contribution in [2.45, 2.75) is 71.4 Å². The molecule has 0 aromatic carbocycles. The second-order valence-corrected chi connectivity index (χ2v) is 4.46. The Morgan fingerprint density at radius 1 is 1.15 bits per heavy atom. The highest BCUT2D eigenvalue weighted by Gasteiger charge is 2.28. The van der Waals surface area contributed by atoms with Gasteiger partial charge in [-0.15, -0.1) is 0 Å². The van der Waals surface area contributed by atoms with E-state index in [2.05, 4.69) is 25.7 Å². The molecule has 1 aliphatic rings. The largest absolute Gasteiger partial charge is 0.298 e. The predicted octanol–water partition coefficient (Wildman–Crippen LogP) is 3.44. The predicted molar refractivity (Wildman–Crippen MR) is 59.0 cm³/mol. The van der Waals surface area contributed by atoms with Crippen molar-refractivity contribution >= 4 is 0 Å². The van der Waals surface area contributed by atoms with E-state index in [1.165, 1.54) is 45.1 Å². The number of hydrogen-bond donors (Lipinski definition) is 0. The fourth-order valence-corrected chi connectivity index (χ4v) is 2.51. The van der Waals surface area contributed by atoms with E-state index in [0.29, 0.717) is 0 Å². The number of likely N-dealkylation sites (tertiary alicyclic amines) is 1. The average molecular weight is 183 g/mol. The molecule has 0 saturated carbocycles. The van der Waals surface area contributed by atoms with Gasteiger partial charge in [0, 0.05) is 12.1 Å². The van der Waals surface area contributed by atoms with Gasteiger partial charge in [0.25, 0.3) is 0 Å². The molecule has 0 aliphatic carbocycles. The zero-order valence-corrected chi connectivity index (χ0v) is 9.55. The van der Waals surface area contributed by atoms with E-state index in [-0.39, 0.29) is 0 Å². The van der Waals surface area contributed by atoms with Gasteiger partial charge in [0.05, 0.1) is 0 Å². The molecule has 78 valence electrons. The van der Waals surface area contributed by atoms with E-state index in [0.717, 1.165) is 12.1 Å². The van der Waals surface area contributed by atoms with Gasteiger partial charge in [-0.1, -0.05) is 26.7 Å². The fraction of sp³-hybridized carbons (Fsp3) is 1.00. The van der Waals surface area contributed by atoms with E-state index >= 15 is 0 Å². The molecule has 1 heterocycles. The van der Waals surface area contributed by atoms with Crippen LogP contribution in [0.2, 0.25) is 0 Å². The summed E-state index contributed by atoms with van der Waals surface area (Å²) in [7, 11) is 0. The van der Waals surface area contributed by atoms with Crippen LogP contribution in [0.15, 0.2) is 0 Å². The third-order valence-corrected chi connectivity index (χ3v) is 3.34. The van der Waals surface area contributed by atoms with Crippen molar-refractivity contribution in [1.29, 1.82) is 0 Å². The number of nitrogens with zero attached hydrogens (tertiary/aromatic N) is 1. The zero-order chi connectivity index (χ0) is 9.68. The van der Waals surface area contributed by atoms with Crippen molar-refractivity contribution in [3.05, 3.63) is 0 Å². The molecule has 0 amide bonds. The lowest BCUT2D eigenvalue weighted by Crippen LogP contribution is -2.35. The fourth-order valence-electron chi connectivity index (χ4n) is 2.51. The van der Waals surface area contributed by atoms with Gasteiger partial charge in [-0.25, -0.2) is 0 Å². The minimum Gasteiger partial charge on any atom is -0.298 e. The van der Waals surface area contributed by atoms with Crippen molar-refractivity contribution in [3.63, 3.8) is 0 Å². The second kappa shape index (κ2) is 5.64. The van der Waals surface area contributed by atoms with Gasteiger partial charge in [-0.2, -0.15) is 0 Å². The van der Waals surface area contributed by atoms with Gasteiger partial charge < -0.3 is 0 Å². The Morgan fingerprint density at radius 3 is 2.54 bits per heavy atom. The van der Waals surface area contributed by atoms with Crippen LogP contribution >= 0.6 is 0 Å². The van der Waals surface area contributed by atoms with Crippen LogP contribution in [0.3, 0.4) is 0 Å². The molecule has 1 rings (SSSR count). The van der Waals surface area contributed by atoms with Crippen LogP contribution in [-0.4, -0.2) is 23.5 Å². The van der Waals surface area contributed by atoms with Crippen LogP contribution in [0.25, 0.3) is 0 Å². The molecule has 1 aliphatic heterocycles. The first-order valence-corrected chi connectivity index (χ1v) is 6.05. The summed E-state index contributed by atoms with van der Waals surface area (Å²) in [6.07, 6.45) is 8.34. The topological polar surface area (TPSA) is 3.24 Å². The van der Waals surface area contributed by atoms with E-state index in [1.54, 1.807) is 0 Å². The number of unbranched alkanes of at least 4 members (excludes halogenated alkanes) is 1. The zero-order valence-electron chi connectivity index (χ0n) is 9.55. The molecule has 1 fully saturated rings. The summed E-state index contributed by atoms with van der Waals surface area (Å²) in [5, 5.41) is 0. The van der Waals surface area contributed by atoms with E-state index in [4.69, 9.17) is 0 Å². The SMILES string of the molecule is CCCCN1C(C)CCC1CCC. The Hall–Kier alpha value is -0.0400. The smallest absolute Gasteiger partial charge is 0.00985 e. The third-order valence-electron chi connectivity index (χ3n) is 3.34. The summed E-state index contributed by atoms with van der Waals surface area (Å²) < 4.78 is 0. The van der Waals surface area contributed by atoms with Crippen LogP contribution in [0.1, 0.15) is 59.3 Å². The molecule has 0 spiro atoms. The van der Waals surface area contributed by atoms with Crippen molar-refractivity contribution in [2.75, 3.05) is 6.54 Å². The van der Waals surface area contributed by atoms with Crippen molar-refractivity contribution in [3.8, 4) is 0 Å². The normalized spacial score (nSPS) is 29.8. The van der Waals surface area contributed by atoms with Crippen LogP contribution in [0.5, 0.6) is 0 Å². The second-order valence-electron chi connectivity index (χ2n) is 4.46. The van der Waals surface area contributed by atoms with Crippen LogP contribution in [-0.2, 0) is 0 Å².